The first-order valence-corrected chi connectivity index (χ1v) is 7.53. The fraction of sp³-hybridized carbons (Fsp3) is 0.538. The highest BCUT2D eigenvalue weighted by molar-refractivity contribution is 9.10. The number of benzene rings is 1. The van der Waals surface area contributed by atoms with E-state index in [2.05, 4.69) is 35.0 Å². The molecule has 0 aliphatic heterocycles. The largest absolute Gasteiger partial charge is 0.389 e. The Labute approximate surface area is 111 Å². The monoisotopic (exact) mass is 302 g/mol. The molecule has 1 aromatic rings. The Hall–Kier alpha value is 0.01000. The van der Waals surface area contributed by atoms with Crippen molar-refractivity contribution in [2.24, 2.45) is 0 Å². The standard InChI is InChI=1S/C13H19BrOS/c1-3-4-5-8-16-11-6-7-12(10(2)15)13(14)9-11/h6-7,9-10,15H,3-5,8H2,1-2H3/t10-/m1/s1. The van der Waals surface area contributed by atoms with Crippen molar-refractivity contribution in [1.82, 2.24) is 0 Å². The zero-order valence-corrected chi connectivity index (χ0v) is 12.3. The molecule has 0 fully saturated rings. The van der Waals surface area contributed by atoms with Crippen molar-refractivity contribution in [3.63, 3.8) is 0 Å². The van der Waals surface area contributed by atoms with Crippen LogP contribution in [0.15, 0.2) is 27.6 Å². The molecule has 3 heteroatoms. The molecule has 0 unspecified atom stereocenters. The SMILES string of the molecule is CCCCCSc1ccc([C@@H](C)O)c(Br)c1. The van der Waals surface area contributed by atoms with Crippen LogP contribution in [0.1, 0.15) is 44.8 Å². The van der Waals surface area contributed by atoms with E-state index in [-0.39, 0.29) is 0 Å². The zero-order valence-electron chi connectivity index (χ0n) is 9.87. The summed E-state index contributed by atoms with van der Waals surface area (Å²) < 4.78 is 1.00. The van der Waals surface area contributed by atoms with Gasteiger partial charge in [-0.2, -0.15) is 0 Å². The molecule has 90 valence electrons. The summed E-state index contributed by atoms with van der Waals surface area (Å²) in [6, 6.07) is 6.18. The molecule has 0 saturated carbocycles. The number of rotatable bonds is 6. The Kier molecular flexibility index (Phi) is 6.47. The van der Waals surface area contributed by atoms with Crippen molar-refractivity contribution in [2.45, 2.75) is 44.1 Å². The first kappa shape index (κ1) is 14.1. The van der Waals surface area contributed by atoms with Gasteiger partial charge in [0.05, 0.1) is 6.10 Å². The summed E-state index contributed by atoms with van der Waals surface area (Å²) in [6.07, 6.45) is 3.44. The third-order valence-electron chi connectivity index (χ3n) is 2.44. The Balaban J connectivity index is 2.53. The Morgan fingerprint density at radius 2 is 2.12 bits per heavy atom. The maximum absolute atomic E-state index is 9.50. The van der Waals surface area contributed by atoms with E-state index in [1.54, 1.807) is 6.92 Å². The lowest BCUT2D eigenvalue weighted by Crippen LogP contribution is -1.92. The molecule has 0 spiro atoms. The number of halogens is 1. The van der Waals surface area contributed by atoms with Crippen LogP contribution in [-0.2, 0) is 0 Å². The zero-order chi connectivity index (χ0) is 12.0. The molecule has 1 nitrogen and oxygen atoms in total. The fourth-order valence-electron chi connectivity index (χ4n) is 1.48. The van der Waals surface area contributed by atoms with Gasteiger partial charge < -0.3 is 5.11 Å². The van der Waals surface area contributed by atoms with E-state index >= 15 is 0 Å². The van der Waals surface area contributed by atoms with E-state index in [0.717, 1.165) is 10.0 Å². The van der Waals surface area contributed by atoms with Crippen LogP contribution in [0.5, 0.6) is 0 Å². The van der Waals surface area contributed by atoms with E-state index in [1.807, 2.05) is 17.8 Å². The third-order valence-corrected chi connectivity index (χ3v) is 4.21. The second-order valence-corrected chi connectivity index (χ2v) is 5.94. The summed E-state index contributed by atoms with van der Waals surface area (Å²) in [6.45, 7) is 4.01. The smallest absolute Gasteiger partial charge is 0.0772 e. The van der Waals surface area contributed by atoms with Crippen LogP contribution < -0.4 is 0 Å². The topological polar surface area (TPSA) is 20.2 Å². The quantitative estimate of drug-likeness (QED) is 0.602. The number of aliphatic hydroxyl groups is 1. The van der Waals surface area contributed by atoms with Crippen molar-refractivity contribution >= 4 is 27.7 Å². The molecule has 1 rings (SSSR count). The Morgan fingerprint density at radius 1 is 1.38 bits per heavy atom. The third kappa shape index (κ3) is 4.48. The highest BCUT2D eigenvalue weighted by Crippen LogP contribution is 2.29. The second kappa shape index (κ2) is 7.36. The van der Waals surface area contributed by atoms with E-state index in [0.29, 0.717) is 0 Å². The highest BCUT2D eigenvalue weighted by Gasteiger charge is 2.06. The number of hydrogen-bond donors (Lipinski definition) is 1. The van der Waals surface area contributed by atoms with Gasteiger partial charge in [-0.05, 0) is 36.8 Å². The minimum absolute atomic E-state index is 0.409. The first-order valence-electron chi connectivity index (χ1n) is 5.75. The van der Waals surface area contributed by atoms with Gasteiger partial charge in [0, 0.05) is 9.37 Å². The molecule has 0 saturated heterocycles. The molecule has 0 aromatic heterocycles. The molecule has 0 radical (unpaired) electrons. The van der Waals surface area contributed by atoms with E-state index < -0.39 is 6.10 Å². The molecule has 16 heavy (non-hydrogen) atoms. The summed E-state index contributed by atoms with van der Waals surface area (Å²) >= 11 is 5.38. The van der Waals surface area contributed by atoms with Gasteiger partial charge in [-0.3, -0.25) is 0 Å². The molecule has 0 bridgehead atoms. The van der Waals surface area contributed by atoms with Gasteiger partial charge in [-0.25, -0.2) is 0 Å². The summed E-state index contributed by atoms with van der Waals surface area (Å²) in [5.41, 5.74) is 0.956. The van der Waals surface area contributed by atoms with Crippen LogP contribution in [0.2, 0.25) is 0 Å². The number of aliphatic hydroxyl groups excluding tert-OH is 1. The Bertz CT molecular complexity index is 326. The molecule has 0 aliphatic carbocycles. The van der Waals surface area contributed by atoms with Crippen LogP contribution in [0, 0.1) is 0 Å². The van der Waals surface area contributed by atoms with Crippen molar-refractivity contribution in [3.8, 4) is 0 Å². The minimum Gasteiger partial charge on any atom is -0.389 e. The van der Waals surface area contributed by atoms with Crippen LogP contribution in [0.25, 0.3) is 0 Å². The maximum atomic E-state index is 9.50. The minimum atomic E-state index is -0.409. The second-order valence-electron chi connectivity index (χ2n) is 3.91. The average Bonchev–Trinajstić information content (AvgIpc) is 2.24. The summed E-state index contributed by atoms with van der Waals surface area (Å²) in [5.74, 6) is 1.17. The molecule has 1 atom stereocenters. The molecular formula is C13H19BrOS. The molecule has 0 aliphatic rings. The molecule has 0 heterocycles. The predicted molar refractivity (Wildman–Crippen MR) is 75.0 cm³/mol. The maximum Gasteiger partial charge on any atom is 0.0772 e. The van der Waals surface area contributed by atoms with Crippen molar-refractivity contribution in [2.75, 3.05) is 5.75 Å². The molecule has 0 amide bonds. The fourth-order valence-corrected chi connectivity index (χ4v) is 3.29. The van der Waals surface area contributed by atoms with Crippen molar-refractivity contribution in [1.29, 1.82) is 0 Å². The number of hydrogen-bond acceptors (Lipinski definition) is 2. The first-order chi connectivity index (χ1) is 7.65. The average molecular weight is 303 g/mol. The lowest BCUT2D eigenvalue weighted by molar-refractivity contribution is 0.198. The van der Waals surface area contributed by atoms with Gasteiger partial charge in [0.2, 0.25) is 0 Å². The van der Waals surface area contributed by atoms with Crippen LogP contribution in [0.4, 0.5) is 0 Å². The van der Waals surface area contributed by atoms with Gasteiger partial charge >= 0.3 is 0 Å². The normalized spacial score (nSPS) is 12.8. The van der Waals surface area contributed by atoms with E-state index in [9.17, 15) is 5.11 Å². The number of thioether (sulfide) groups is 1. The van der Waals surface area contributed by atoms with Gasteiger partial charge in [-0.1, -0.05) is 41.8 Å². The lowest BCUT2D eigenvalue weighted by atomic mass is 10.1. The van der Waals surface area contributed by atoms with E-state index in [1.165, 1.54) is 29.9 Å². The van der Waals surface area contributed by atoms with Gasteiger partial charge in [0.1, 0.15) is 0 Å². The van der Waals surface area contributed by atoms with Gasteiger partial charge in [0.15, 0.2) is 0 Å². The van der Waals surface area contributed by atoms with Crippen molar-refractivity contribution in [3.05, 3.63) is 28.2 Å². The molecule has 1 N–H and O–H groups in total. The summed E-state index contributed by atoms with van der Waals surface area (Å²) in [5, 5.41) is 9.50. The lowest BCUT2D eigenvalue weighted by Gasteiger charge is -2.09. The molecular weight excluding hydrogens is 284 g/mol. The van der Waals surface area contributed by atoms with Crippen LogP contribution >= 0.6 is 27.7 Å². The van der Waals surface area contributed by atoms with E-state index in [4.69, 9.17) is 0 Å². The highest BCUT2D eigenvalue weighted by atomic mass is 79.9. The van der Waals surface area contributed by atoms with Crippen LogP contribution in [0.3, 0.4) is 0 Å². The Morgan fingerprint density at radius 3 is 2.69 bits per heavy atom. The van der Waals surface area contributed by atoms with Gasteiger partial charge in [-0.15, -0.1) is 11.8 Å². The predicted octanol–water partition coefficient (Wildman–Crippen LogP) is 4.78. The van der Waals surface area contributed by atoms with Crippen LogP contribution in [-0.4, -0.2) is 10.9 Å². The summed E-state index contributed by atoms with van der Waals surface area (Å²) in [4.78, 5) is 1.27. The van der Waals surface area contributed by atoms with Crippen molar-refractivity contribution < 1.29 is 5.11 Å². The number of unbranched alkanes of at least 4 members (excludes halogenated alkanes) is 2. The molecule has 1 aromatic carbocycles. The summed E-state index contributed by atoms with van der Waals surface area (Å²) in [7, 11) is 0. The van der Waals surface area contributed by atoms with Gasteiger partial charge in [0.25, 0.3) is 0 Å².